The molecule has 6 heteroatoms. The molecule has 86 valence electrons. The number of carbonyl (C=O) groups is 2. The van der Waals surface area contributed by atoms with Crippen LogP contribution in [0.15, 0.2) is 12.1 Å². The van der Waals surface area contributed by atoms with Crippen LogP contribution in [-0.4, -0.2) is 17.4 Å². The van der Waals surface area contributed by atoms with Gasteiger partial charge >= 0.3 is 12.1 Å². The van der Waals surface area contributed by atoms with Gasteiger partial charge in [0, 0.05) is 5.56 Å². The lowest BCUT2D eigenvalue weighted by Crippen LogP contribution is -2.12. The smallest absolute Gasteiger partial charge is 0.417 e. The molecule has 3 nitrogen and oxygen atoms in total. The second-order valence-corrected chi connectivity index (χ2v) is 3.18. The maximum atomic E-state index is 12.5. The Morgan fingerprint density at radius 3 is 2.31 bits per heavy atom. The molecular weight excluding hydrogens is 225 g/mol. The fourth-order valence-corrected chi connectivity index (χ4v) is 1.31. The van der Waals surface area contributed by atoms with Crippen LogP contribution in [0.4, 0.5) is 13.2 Å². The highest BCUT2D eigenvalue weighted by Crippen LogP contribution is 2.33. The van der Waals surface area contributed by atoms with E-state index in [2.05, 4.69) is 0 Å². The Labute approximate surface area is 88.5 Å². The molecule has 0 heterocycles. The summed E-state index contributed by atoms with van der Waals surface area (Å²) in [6.07, 6.45) is -4.67. The van der Waals surface area contributed by atoms with E-state index in [9.17, 15) is 22.8 Å². The Balaban J connectivity index is 3.55. The van der Waals surface area contributed by atoms with Gasteiger partial charge in [-0.15, -0.1) is 0 Å². The highest BCUT2D eigenvalue weighted by molar-refractivity contribution is 5.90. The van der Waals surface area contributed by atoms with Crippen molar-refractivity contribution in [1.29, 1.82) is 0 Å². The van der Waals surface area contributed by atoms with Gasteiger partial charge in [-0.05, 0) is 24.6 Å². The molecule has 1 aromatic carbocycles. The minimum atomic E-state index is -4.74. The minimum Gasteiger partial charge on any atom is -0.478 e. The van der Waals surface area contributed by atoms with Gasteiger partial charge in [0.2, 0.25) is 0 Å². The number of aldehydes is 1. The summed E-state index contributed by atoms with van der Waals surface area (Å²) in [5.74, 6) is -1.47. The normalized spacial score (nSPS) is 11.2. The van der Waals surface area contributed by atoms with Crippen molar-refractivity contribution in [1.82, 2.24) is 0 Å². The third-order valence-corrected chi connectivity index (χ3v) is 2.06. The number of rotatable bonds is 2. The molecule has 0 amide bonds. The predicted octanol–water partition coefficient (Wildman–Crippen LogP) is 2.52. The molecule has 0 radical (unpaired) electrons. The van der Waals surface area contributed by atoms with Crippen LogP contribution in [0.5, 0.6) is 0 Å². The van der Waals surface area contributed by atoms with Crippen molar-refractivity contribution in [3.63, 3.8) is 0 Å². The molecule has 0 aliphatic heterocycles. The van der Waals surface area contributed by atoms with Crippen LogP contribution < -0.4 is 0 Å². The molecule has 0 aliphatic rings. The third-order valence-electron chi connectivity index (χ3n) is 2.06. The lowest BCUT2D eigenvalue weighted by Gasteiger charge is -2.12. The van der Waals surface area contributed by atoms with Gasteiger partial charge in [-0.2, -0.15) is 13.2 Å². The Bertz CT molecular complexity index is 449. The van der Waals surface area contributed by atoms with E-state index in [1.807, 2.05) is 0 Å². The summed E-state index contributed by atoms with van der Waals surface area (Å²) in [6, 6.07) is 1.49. The van der Waals surface area contributed by atoms with Crippen LogP contribution in [0.2, 0.25) is 0 Å². The Morgan fingerprint density at radius 1 is 1.38 bits per heavy atom. The van der Waals surface area contributed by atoms with E-state index in [4.69, 9.17) is 5.11 Å². The summed E-state index contributed by atoms with van der Waals surface area (Å²) in [7, 11) is 0. The highest BCUT2D eigenvalue weighted by atomic mass is 19.4. The zero-order valence-electron chi connectivity index (χ0n) is 8.13. The standard InChI is InChI=1S/C10H7F3O3/c1-5-2-6(9(15)16)3-8(7(5)4-14)10(11,12)13/h2-4H,1H3,(H,15,16). The summed E-state index contributed by atoms with van der Waals surface area (Å²) in [4.78, 5) is 21.1. The number of halogens is 3. The fraction of sp³-hybridized carbons (Fsp3) is 0.200. The lowest BCUT2D eigenvalue weighted by molar-refractivity contribution is -0.137. The minimum absolute atomic E-state index is 0.0118. The largest absolute Gasteiger partial charge is 0.478 e. The van der Waals surface area contributed by atoms with Crippen LogP contribution in [0, 0.1) is 6.92 Å². The van der Waals surface area contributed by atoms with Gasteiger partial charge in [-0.25, -0.2) is 4.79 Å². The molecule has 0 spiro atoms. The molecule has 1 N–H and O–H groups in total. The second-order valence-electron chi connectivity index (χ2n) is 3.18. The van der Waals surface area contributed by atoms with Gasteiger partial charge in [0.05, 0.1) is 11.1 Å². The summed E-state index contributed by atoms with van der Waals surface area (Å²) < 4.78 is 37.5. The molecule has 0 atom stereocenters. The molecule has 1 rings (SSSR count). The predicted molar refractivity (Wildman–Crippen MR) is 48.5 cm³/mol. The SMILES string of the molecule is Cc1cc(C(=O)O)cc(C(F)(F)F)c1C=O. The van der Waals surface area contributed by atoms with E-state index in [0.29, 0.717) is 6.07 Å². The number of aromatic carboxylic acids is 1. The monoisotopic (exact) mass is 232 g/mol. The zero-order chi connectivity index (χ0) is 12.5. The summed E-state index contributed by atoms with van der Waals surface area (Å²) >= 11 is 0. The first-order valence-corrected chi connectivity index (χ1v) is 4.17. The van der Waals surface area contributed by atoms with Crippen LogP contribution in [0.25, 0.3) is 0 Å². The quantitative estimate of drug-likeness (QED) is 0.797. The molecule has 0 unspecified atom stereocenters. The van der Waals surface area contributed by atoms with E-state index in [-0.39, 0.29) is 11.8 Å². The van der Waals surface area contributed by atoms with Crippen molar-refractivity contribution in [3.05, 3.63) is 34.4 Å². The maximum Gasteiger partial charge on any atom is 0.417 e. The number of alkyl halides is 3. The molecule has 16 heavy (non-hydrogen) atoms. The molecule has 0 saturated heterocycles. The van der Waals surface area contributed by atoms with E-state index in [0.717, 1.165) is 6.07 Å². The molecule has 0 fully saturated rings. The number of hydrogen-bond donors (Lipinski definition) is 1. The Morgan fingerprint density at radius 2 is 1.94 bits per heavy atom. The fourth-order valence-electron chi connectivity index (χ4n) is 1.31. The summed E-state index contributed by atoms with van der Waals surface area (Å²) in [5, 5.41) is 8.61. The van der Waals surface area contributed by atoms with Crippen molar-refractivity contribution in [2.24, 2.45) is 0 Å². The summed E-state index contributed by atoms with van der Waals surface area (Å²) in [6.45, 7) is 1.26. The molecule has 1 aromatic rings. The van der Waals surface area contributed by atoms with Crippen molar-refractivity contribution in [2.45, 2.75) is 13.1 Å². The number of benzene rings is 1. The average molecular weight is 232 g/mol. The van der Waals surface area contributed by atoms with Gasteiger partial charge < -0.3 is 5.11 Å². The molecule has 0 aromatic heterocycles. The van der Waals surface area contributed by atoms with Crippen molar-refractivity contribution < 1.29 is 27.9 Å². The molecule has 0 aliphatic carbocycles. The number of carboxylic acids is 1. The van der Waals surface area contributed by atoms with E-state index in [1.54, 1.807) is 0 Å². The van der Waals surface area contributed by atoms with Gasteiger partial charge in [0.15, 0.2) is 6.29 Å². The third kappa shape index (κ3) is 2.21. The summed E-state index contributed by atoms with van der Waals surface area (Å²) in [5.41, 5.74) is -2.25. The van der Waals surface area contributed by atoms with Crippen LogP contribution in [-0.2, 0) is 6.18 Å². The lowest BCUT2D eigenvalue weighted by atomic mass is 9.99. The average Bonchev–Trinajstić information content (AvgIpc) is 2.14. The first-order chi connectivity index (χ1) is 7.27. The van der Waals surface area contributed by atoms with Crippen molar-refractivity contribution in [2.75, 3.05) is 0 Å². The number of carbonyl (C=O) groups excluding carboxylic acids is 1. The Kier molecular flexibility index (Phi) is 3.02. The van der Waals surface area contributed by atoms with Gasteiger partial charge in [-0.1, -0.05) is 0 Å². The van der Waals surface area contributed by atoms with Gasteiger partial charge in [0.1, 0.15) is 0 Å². The van der Waals surface area contributed by atoms with Crippen LogP contribution in [0.1, 0.15) is 31.8 Å². The van der Waals surface area contributed by atoms with Crippen molar-refractivity contribution in [3.8, 4) is 0 Å². The number of aryl methyl sites for hydroxylation is 1. The first-order valence-electron chi connectivity index (χ1n) is 4.17. The maximum absolute atomic E-state index is 12.5. The van der Waals surface area contributed by atoms with E-state index < -0.39 is 28.8 Å². The highest BCUT2D eigenvalue weighted by Gasteiger charge is 2.34. The van der Waals surface area contributed by atoms with Crippen molar-refractivity contribution >= 4 is 12.3 Å². The topological polar surface area (TPSA) is 54.4 Å². The molecule has 0 bridgehead atoms. The number of hydrogen-bond acceptors (Lipinski definition) is 2. The van der Waals surface area contributed by atoms with E-state index >= 15 is 0 Å². The Hall–Kier alpha value is -1.85. The van der Waals surface area contributed by atoms with Gasteiger partial charge in [-0.3, -0.25) is 4.79 Å². The second kappa shape index (κ2) is 3.96. The zero-order valence-corrected chi connectivity index (χ0v) is 8.13. The molecule has 0 saturated carbocycles. The van der Waals surface area contributed by atoms with E-state index in [1.165, 1.54) is 6.92 Å². The number of carboxylic acid groups (broad SMARTS) is 1. The van der Waals surface area contributed by atoms with Gasteiger partial charge in [0.25, 0.3) is 0 Å². The van der Waals surface area contributed by atoms with Crippen LogP contribution in [0.3, 0.4) is 0 Å². The van der Waals surface area contributed by atoms with Crippen LogP contribution >= 0.6 is 0 Å². The molecular formula is C10H7F3O3. The first kappa shape index (κ1) is 12.2.